The van der Waals surface area contributed by atoms with Gasteiger partial charge in [-0.3, -0.25) is 4.79 Å². The minimum atomic E-state index is -0.356. The highest BCUT2D eigenvalue weighted by Gasteiger charge is 2.38. The third kappa shape index (κ3) is 4.02. The Morgan fingerprint density at radius 2 is 1.96 bits per heavy atom. The molecule has 1 amide bonds. The van der Waals surface area contributed by atoms with Gasteiger partial charge in [-0.1, -0.05) is 24.3 Å². The van der Waals surface area contributed by atoms with Crippen molar-refractivity contribution in [1.82, 2.24) is 5.32 Å². The highest BCUT2D eigenvalue weighted by atomic mass is 16.5. The van der Waals surface area contributed by atoms with E-state index in [2.05, 4.69) is 27.5 Å². The monoisotopic (exact) mass is 349 g/mol. The van der Waals surface area contributed by atoms with Gasteiger partial charge in [0.1, 0.15) is 5.75 Å². The van der Waals surface area contributed by atoms with E-state index >= 15 is 0 Å². The number of carbonyl (C=O) groups excluding carboxylic acids is 1. The molecule has 1 N–H and O–H groups in total. The summed E-state index contributed by atoms with van der Waals surface area (Å²) in [5.41, 5.74) is 0.633. The number of terminal acetylenes is 1. The normalized spacial score (nSPS) is 15.3. The zero-order valence-corrected chi connectivity index (χ0v) is 15.2. The van der Waals surface area contributed by atoms with Crippen molar-refractivity contribution in [3.8, 4) is 18.1 Å². The molecule has 1 aliphatic rings. The largest absolute Gasteiger partial charge is 0.497 e. The summed E-state index contributed by atoms with van der Waals surface area (Å²) in [6, 6.07) is 12.0. The average Bonchev–Trinajstić information content (AvgIpc) is 3.44. The molecule has 0 unspecified atom stereocenters. The Morgan fingerprint density at radius 3 is 2.65 bits per heavy atom. The lowest BCUT2D eigenvalue weighted by Crippen LogP contribution is -2.31. The second-order valence-electron chi connectivity index (χ2n) is 6.62. The lowest BCUT2D eigenvalue weighted by molar-refractivity contribution is -0.122. The van der Waals surface area contributed by atoms with E-state index in [9.17, 15) is 4.79 Å². The molecular formula is C21H23N3O2. The maximum absolute atomic E-state index is 12.5. The Bertz CT molecular complexity index is 876. The van der Waals surface area contributed by atoms with Crippen molar-refractivity contribution in [2.24, 2.45) is 10.2 Å². The quantitative estimate of drug-likeness (QED) is 0.731. The molecule has 2 aromatic carbocycles. The van der Waals surface area contributed by atoms with Crippen molar-refractivity contribution in [2.45, 2.75) is 37.8 Å². The fourth-order valence-electron chi connectivity index (χ4n) is 3.00. The van der Waals surface area contributed by atoms with E-state index in [-0.39, 0.29) is 17.5 Å². The number of amides is 1. The molecular weight excluding hydrogens is 326 g/mol. The SMILES string of the molecule is C#CCCC1(CCNC(=O)[C@@H](C)c2ccc3cc(OC)ccc3c2)N=N1. The first-order valence-corrected chi connectivity index (χ1v) is 8.80. The van der Waals surface area contributed by atoms with Crippen LogP contribution in [0.5, 0.6) is 5.75 Å². The van der Waals surface area contributed by atoms with E-state index in [1.807, 2.05) is 37.3 Å². The number of nitrogens with zero attached hydrogens (tertiary/aromatic N) is 2. The Hall–Kier alpha value is -2.87. The van der Waals surface area contributed by atoms with Crippen molar-refractivity contribution in [3.63, 3.8) is 0 Å². The van der Waals surface area contributed by atoms with Gasteiger partial charge in [0.25, 0.3) is 0 Å². The number of ether oxygens (including phenoxy) is 1. The molecule has 1 heterocycles. The number of hydrogen-bond donors (Lipinski definition) is 1. The summed E-state index contributed by atoms with van der Waals surface area (Å²) < 4.78 is 5.25. The highest BCUT2D eigenvalue weighted by Crippen LogP contribution is 2.36. The maximum Gasteiger partial charge on any atom is 0.227 e. The van der Waals surface area contributed by atoms with Crippen LogP contribution in [0, 0.1) is 12.3 Å². The first-order chi connectivity index (χ1) is 12.6. The molecule has 0 aromatic heterocycles. The van der Waals surface area contributed by atoms with E-state index in [0.29, 0.717) is 19.4 Å². The number of fused-ring (bicyclic) bond motifs is 1. The van der Waals surface area contributed by atoms with Crippen molar-refractivity contribution in [2.75, 3.05) is 13.7 Å². The Kier molecular flexibility index (Phi) is 5.22. The summed E-state index contributed by atoms with van der Waals surface area (Å²) >= 11 is 0. The van der Waals surface area contributed by atoms with Crippen LogP contribution >= 0.6 is 0 Å². The summed E-state index contributed by atoms with van der Waals surface area (Å²) in [4.78, 5) is 12.5. The van der Waals surface area contributed by atoms with E-state index in [4.69, 9.17) is 11.2 Å². The minimum absolute atomic E-state index is 0.00520. The van der Waals surface area contributed by atoms with E-state index < -0.39 is 0 Å². The molecule has 1 aliphatic heterocycles. The molecule has 2 aromatic rings. The third-order valence-electron chi connectivity index (χ3n) is 4.84. The van der Waals surface area contributed by atoms with Crippen molar-refractivity contribution < 1.29 is 9.53 Å². The molecule has 1 atom stereocenters. The Balaban J connectivity index is 1.58. The number of benzene rings is 2. The lowest BCUT2D eigenvalue weighted by atomic mass is 9.96. The third-order valence-corrected chi connectivity index (χ3v) is 4.84. The van der Waals surface area contributed by atoms with Gasteiger partial charge in [-0.2, -0.15) is 10.2 Å². The number of hydrogen-bond acceptors (Lipinski definition) is 4. The van der Waals surface area contributed by atoms with Crippen LogP contribution in [0.2, 0.25) is 0 Å². The molecule has 134 valence electrons. The Morgan fingerprint density at radius 1 is 1.23 bits per heavy atom. The van der Waals surface area contributed by atoms with Gasteiger partial charge < -0.3 is 10.1 Å². The van der Waals surface area contributed by atoms with E-state index in [1.165, 1.54) is 0 Å². The lowest BCUT2D eigenvalue weighted by Gasteiger charge is -2.15. The molecule has 0 radical (unpaired) electrons. The molecule has 0 bridgehead atoms. The topological polar surface area (TPSA) is 63.0 Å². The predicted molar refractivity (Wildman–Crippen MR) is 102 cm³/mol. The molecule has 0 saturated carbocycles. The molecule has 0 aliphatic carbocycles. The van der Waals surface area contributed by atoms with Gasteiger partial charge in [0.05, 0.1) is 13.0 Å². The van der Waals surface area contributed by atoms with E-state index in [0.717, 1.165) is 28.5 Å². The zero-order valence-electron chi connectivity index (χ0n) is 15.2. The summed E-state index contributed by atoms with van der Waals surface area (Å²) in [6.07, 6.45) is 7.39. The molecule has 26 heavy (non-hydrogen) atoms. The van der Waals surface area contributed by atoms with Crippen LogP contribution in [0.25, 0.3) is 10.8 Å². The highest BCUT2D eigenvalue weighted by molar-refractivity contribution is 5.88. The standard InChI is InChI=1S/C21H23N3O2/c1-4-5-10-21(23-24-21)11-12-22-20(25)15(2)16-6-7-18-14-19(26-3)9-8-17(18)13-16/h1,6-9,13-15H,5,10-12H2,2-3H3,(H,22,25)/t15-/m0/s1. The van der Waals surface area contributed by atoms with Crippen molar-refractivity contribution >= 4 is 16.7 Å². The second-order valence-corrected chi connectivity index (χ2v) is 6.62. The molecule has 0 spiro atoms. The van der Waals surface area contributed by atoms with Gasteiger partial charge in [0, 0.05) is 25.8 Å². The number of carbonyl (C=O) groups is 1. The van der Waals surface area contributed by atoms with Crippen LogP contribution in [0.1, 0.15) is 37.7 Å². The smallest absolute Gasteiger partial charge is 0.227 e. The molecule has 0 fully saturated rings. The first kappa shape index (κ1) is 17.9. The number of rotatable bonds is 8. The van der Waals surface area contributed by atoms with Crippen LogP contribution in [0.4, 0.5) is 0 Å². The van der Waals surface area contributed by atoms with Crippen LogP contribution < -0.4 is 10.1 Å². The van der Waals surface area contributed by atoms with Crippen LogP contribution in [-0.4, -0.2) is 25.2 Å². The van der Waals surface area contributed by atoms with Gasteiger partial charge in [0.15, 0.2) is 5.66 Å². The van der Waals surface area contributed by atoms with Gasteiger partial charge in [-0.25, -0.2) is 0 Å². The van der Waals surface area contributed by atoms with Crippen LogP contribution in [-0.2, 0) is 4.79 Å². The minimum Gasteiger partial charge on any atom is -0.497 e. The average molecular weight is 349 g/mol. The van der Waals surface area contributed by atoms with Crippen molar-refractivity contribution in [1.29, 1.82) is 0 Å². The summed E-state index contributed by atoms with van der Waals surface area (Å²) in [7, 11) is 1.65. The summed E-state index contributed by atoms with van der Waals surface area (Å²) in [5, 5.41) is 13.3. The fourth-order valence-corrected chi connectivity index (χ4v) is 3.00. The maximum atomic E-state index is 12.5. The van der Waals surface area contributed by atoms with E-state index in [1.54, 1.807) is 7.11 Å². The fraction of sp³-hybridized carbons (Fsp3) is 0.381. The number of methoxy groups -OCH3 is 1. The van der Waals surface area contributed by atoms with Crippen molar-refractivity contribution in [3.05, 3.63) is 42.0 Å². The van der Waals surface area contributed by atoms with Gasteiger partial charge >= 0.3 is 0 Å². The first-order valence-electron chi connectivity index (χ1n) is 8.80. The summed E-state index contributed by atoms with van der Waals surface area (Å²) in [6.45, 7) is 2.46. The summed E-state index contributed by atoms with van der Waals surface area (Å²) in [5.74, 6) is 3.21. The van der Waals surface area contributed by atoms with Gasteiger partial charge in [-0.05, 0) is 35.4 Å². The van der Waals surface area contributed by atoms with Crippen LogP contribution in [0.3, 0.4) is 0 Å². The number of nitrogens with one attached hydrogen (secondary N) is 1. The molecule has 0 saturated heterocycles. The zero-order chi connectivity index (χ0) is 18.6. The van der Waals surface area contributed by atoms with Gasteiger partial charge in [-0.15, -0.1) is 12.3 Å². The van der Waals surface area contributed by atoms with Gasteiger partial charge in [0.2, 0.25) is 5.91 Å². The molecule has 5 heteroatoms. The molecule has 3 rings (SSSR count). The molecule has 5 nitrogen and oxygen atoms in total. The predicted octanol–water partition coefficient (Wildman–Crippen LogP) is 4.03. The van der Waals surface area contributed by atoms with Crippen LogP contribution in [0.15, 0.2) is 46.6 Å². The second kappa shape index (κ2) is 7.57. The Labute approximate surface area is 153 Å².